The molecule has 1 aliphatic rings. The first-order valence-electron chi connectivity index (χ1n) is 7.64. The van der Waals surface area contributed by atoms with Gasteiger partial charge in [-0.15, -0.1) is 0 Å². The molecule has 21 heavy (non-hydrogen) atoms. The molecule has 1 fully saturated rings. The predicted molar refractivity (Wildman–Crippen MR) is 87.1 cm³/mol. The molecular formula is C14H27N7. The molecule has 7 heteroatoms. The van der Waals surface area contributed by atoms with Crippen LogP contribution in [0.1, 0.15) is 26.7 Å². The summed E-state index contributed by atoms with van der Waals surface area (Å²) in [5.41, 5.74) is 0. The smallest absolute Gasteiger partial charge is 0.231 e. The van der Waals surface area contributed by atoms with Crippen LogP contribution < -0.4 is 15.5 Å². The van der Waals surface area contributed by atoms with Crippen LogP contribution in [0.15, 0.2) is 0 Å². The molecule has 0 radical (unpaired) electrons. The summed E-state index contributed by atoms with van der Waals surface area (Å²) in [6.07, 6.45) is 2.64. The highest BCUT2D eigenvalue weighted by Crippen LogP contribution is 2.26. The minimum absolute atomic E-state index is 0.458. The molecule has 0 aliphatic heterocycles. The van der Waals surface area contributed by atoms with Crippen molar-refractivity contribution in [2.75, 3.05) is 49.8 Å². The standard InChI is InChI=1S/C14H27N7/c1-6-15-12-17-13(19-14(18-12)20(3)4)16-9-10(2)21(5)11-7-8-11/h10-11H,6-9H2,1-5H3,(H2,15,16,17,18,19). The van der Waals surface area contributed by atoms with Crippen LogP contribution in [0, 0.1) is 0 Å². The second kappa shape index (κ2) is 6.89. The van der Waals surface area contributed by atoms with Crippen molar-refractivity contribution >= 4 is 17.8 Å². The molecule has 1 unspecified atom stereocenters. The quantitative estimate of drug-likeness (QED) is 0.748. The van der Waals surface area contributed by atoms with Crippen LogP contribution in [0.2, 0.25) is 0 Å². The number of rotatable bonds is 8. The van der Waals surface area contributed by atoms with E-state index in [1.54, 1.807) is 0 Å². The zero-order valence-electron chi connectivity index (χ0n) is 13.7. The second-order valence-electron chi connectivity index (χ2n) is 5.83. The zero-order valence-corrected chi connectivity index (χ0v) is 13.7. The lowest BCUT2D eigenvalue weighted by Crippen LogP contribution is -2.36. The van der Waals surface area contributed by atoms with Gasteiger partial charge in [0.05, 0.1) is 0 Å². The van der Waals surface area contributed by atoms with Crippen LogP contribution in [-0.4, -0.2) is 66.2 Å². The summed E-state index contributed by atoms with van der Waals surface area (Å²) in [4.78, 5) is 17.5. The highest BCUT2D eigenvalue weighted by molar-refractivity contribution is 5.42. The summed E-state index contributed by atoms with van der Waals surface area (Å²) < 4.78 is 0. The maximum Gasteiger partial charge on any atom is 0.231 e. The molecule has 2 N–H and O–H groups in total. The molecule has 0 bridgehead atoms. The average Bonchev–Trinajstić information content (AvgIpc) is 3.28. The lowest BCUT2D eigenvalue weighted by atomic mass is 10.3. The molecule has 1 aliphatic carbocycles. The van der Waals surface area contributed by atoms with E-state index in [-0.39, 0.29) is 0 Å². The van der Waals surface area contributed by atoms with Crippen LogP contribution in [-0.2, 0) is 0 Å². The molecule has 0 saturated heterocycles. The second-order valence-corrected chi connectivity index (χ2v) is 5.83. The highest BCUT2D eigenvalue weighted by atomic mass is 15.3. The number of hydrogen-bond acceptors (Lipinski definition) is 7. The van der Waals surface area contributed by atoms with Gasteiger partial charge in [0.15, 0.2) is 0 Å². The van der Waals surface area contributed by atoms with Gasteiger partial charge in [0, 0.05) is 39.3 Å². The summed E-state index contributed by atoms with van der Waals surface area (Å²) >= 11 is 0. The fourth-order valence-corrected chi connectivity index (χ4v) is 2.11. The summed E-state index contributed by atoms with van der Waals surface area (Å²) in [6, 6.07) is 1.22. The number of hydrogen-bond donors (Lipinski definition) is 2. The van der Waals surface area contributed by atoms with Gasteiger partial charge in [0.1, 0.15) is 0 Å². The van der Waals surface area contributed by atoms with E-state index in [0.29, 0.717) is 23.9 Å². The molecular weight excluding hydrogens is 266 g/mol. The minimum Gasteiger partial charge on any atom is -0.354 e. The van der Waals surface area contributed by atoms with E-state index >= 15 is 0 Å². The average molecular weight is 293 g/mol. The van der Waals surface area contributed by atoms with E-state index in [0.717, 1.165) is 19.1 Å². The SMILES string of the molecule is CCNc1nc(NCC(C)N(C)C2CC2)nc(N(C)C)n1. The number of aromatic nitrogens is 3. The van der Waals surface area contributed by atoms with E-state index in [2.05, 4.69) is 44.5 Å². The van der Waals surface area contributed by atoms with Crippen molar-refractivity contribution < 1.29 is 0 Å². The van der Waals surface area contributed by atoms with Crippen molar-refractivity contribution in [1.82, 2.24) is 19.9 Å². The molecule has 0 amide bonds. The van der Waals surface area contributed by atoms with Crippen molar-refractivity contribution in [3.8, 4) is 0 Å². The first kappa shape index (κ1) is 15.8. The normalized spacial score (nSPS) is 15.9. The largest absolute Gasteiger partial charge is 0.354 e. The summed E-state index contributed by atoms with van der Waals surface area (Å²) in [6.45, 7) is 5.87. The van der Waals surface area contributed by atoms with Crippen molar-refractivity contribution in [1.29, 1.82) is 0 Å². The van der Waals surface area contributed by atoms with E-state index < -0.39 is 0 Å². The Bertz CT molecular complexity index is 459. The monoisotopic (exact) mass is 293 g/mol. The first-order valence-corrected chi connectivity index (χ1v) is 7.64. The lowest BCUT2D eigenvalue weighted by Gasteiger charge is -2.24. The molecule has 1 saturated carbocycles. The van der Waals surface area contributed by atoms with Crippen LogP contribution in [0.4, 0.5) is 17.8 Å². The van der Waals surface area contributed by atoms with Crippen molar-refractivity contribution in [3.63, 3.8) is 0 Å². The Morgan fingerprint density at radius 3 is 2.24 bits per heavy atom. The number of anilines is 3. The molecule has 0 aromatic carbocycles. The fourth-order valence-electron chi connectivity index (χ4n) is 2.11. The summed E-state index contributed by atoms with van der Waals surface area (Å²) in [5.74, 6) is 1.90. The maximum absolute atomic E-state index is 4.44. The van der Waals surface area contributed by atoms with Gasteiger partial charge in [0.25, 0.3) is 0 Å². The van der Waals surface area contributed by atoms with Gasteiger partial charge in [-0.05, 0) is 33.7 Å². The Kier molecular flexibility index (Phi) is 5.17. The molecule has 1 aromatic rings. The number of nitrogens with zero attached hydrogens (tertiary/aromatic N) is 5. The van der Waals surface area contributed by atoms with E-state index in [4.69, 9.17) is 0 Å². The molecule has 2 rings (SSSR count). The molecule has 0 spiro atoms. The van der Waals surface area contributed by atoms with Gasteiger partial charge in [-0.2, -0.15) is 15.0 Å². The van der Waals surface area contributed by atoms with Gasteiger partial charge in [-0.1, -0.05) is 0 Å². The Labute approximate surface area is 127 Å². The van der Waals surface area contributed by atoms with Gasteiger partial charge < -0.3 is 15.5 Å². The first-order chi connectivity index (χ1) is 10.0. The third-order valence-corrected chi connectivity index (χ3v) is 3.73. The zero-order chi connectivity index (χ0) is 15.4. The van der Waals surface area contributed by atoms with Crippen LogP contribution in [0.5, 0.6) is 0 Å². The topological polar surface area (TPSA) is 69.2 Å². The van der Waals surface area contributed by atoms with E-state index in [1.165, 1.54) is 12.8 Å². The summed E-state index contributed by atoms with van der Waals surface area (Å²) in [7, 11) is 6.05. The van der Waals surface area contributed by atoms with Crippen LogP contribution >= 0.6 is 0 Å². The summed E-state index contributed by atoms with van der Waals surface area (Å²) in [5, 5.41) is 6.47. The molecule has 1 aromatic heterocycles. The number of nitrogens with one attached hydrogen (secondary N) is 2. The number of likely N-dealkylation sites (N-methyl/N-ethyl adjacent to an activating group) is 1. The highest BCUT2D eigenvalue weighted by Gasteiger charge is 2.29. The molecule has 7 nitrogen and oxygen atoms in total. The minimum atomic E-state index is 0.458. The lowest BCUT2D eigenvalue weighted by molar-refractivity contribution is 0.257. The Morgan fingerprint density at radius 1 is 1.10 bits per heavy atom. The Morgan fingerprint density at radius 2 is 1.71 bits per heavy atom. The van der Waals surface area contributed by atoms with Crippen molar-refractivity contribution in [3.05, 3.63) is 0 Å². The van der Waals surface area contributed by atoms with E-state index in [1.807, 2.05) is 25.9 Å². The van der Waals surface area contributed by atoms with Crippen LogP contribution in [0.25, 0.3) is 0 Å². The van der Waals surface area contributed by atoms with Gasteiger partial charge in [-0.25, -0.2) is 0 Å². The maximum atomic E-state index is 4.44. The third-order valence-electron chi connectivity index (χ3n) is 3.73. The van der Waals surface area contributed by atoms with Gasteiger partial charge in [0.2, 0.25) is 17.8 Å². The molecule has 118 valence electrons. The van der Waals surface area contributed by atoms with Crippen molar-refractivity contribution in [2.45, 2.75) is 38.8 Å². The van der Waals surface area contributed by atoms with E-state index in [9.17, 15) is 0 Å². The predicted octanol–water partition coefficient (Wildman–Crippen LogP) is 1.26. The van der Waals surface area contributed by atoms with Gasteiger partial charge in [-0.3, -0.25) is 4.90 Å². The fraction of sp³-hybridized carbons (Fsp3) is 0.786. The van der Waals surface area contributed by atoms with Gasteiger partial charge >= 0.3 is 0 Å². The van der Waals surface area contributed by atoms with Crippen LogP contribution in [0.3, 0.4) is 0 Å². The molecule has 1 heterocycles. The third kappa shape index (κ3) is 4.42. The Hall–Kier alpha value is -1.63. The van der Waals surface area contributed by atoms with Crippen molar-refractivity contribution in [2.24, 2.45) is 0 Å². The Balaban J connectivity index is 2.00. The molecule has 1 atom stereocenters.